The van der Waals surface area contributed by atoms with Crippen molar-refractivity contribution < 1.29 is 19.1 Å². The van der Waals surface area contributed by atoms with Gasteiger partial charge in [0, 0.05) is 6.04 Å². The molecule has 1 aliphatic heterocycles. The molecule has 1 N–H and O–H groups in total. The SMILES string of the molecule is CC(C)N1C(=O)C[C@@H](NC(=O)[C@H](C)OC2CCCCCC2)C1=O. The molecule has 6 nitrogen and oxygen atoms in total. The van der Waals surface area contributed by atoms with E-state index in [0.29, 0.717) is 0 Å². The zero-order valence-corrected chi connectivity index (χ0v) is 14.3. The van der Waals surface area contributed by atoms with Gasteiger partial charge in [0.05, 0.1) is 12.5 Å². The molecular formula is C17H28N2O4. The van der Waals surface area contributed by atoms with Gasteiger partial charge in [0.1, 0.15) is 12.1 Å². The fourth-order valence-corrected chi connectivity index (χ4v) is 3.32. The summed E-state index contributed by atoms with van der Waals surface area (Å²) < 4.78 is 5.86. The maximum absolute atomic E-state index is 12.3. The van der Waals surface area contributed by atoms with Gasteiger partial charge in [-0.25, -0.2) is 0 Å². The maximum atomic E-state index is 12.3. The Morgan fingerprint density at radius 1 is 1.13 bits per heavy atom. The lowest BCUT2D eigenvalue weighted by atomic mass is 10.1. The van der Waals surface area contributed by atoms with Crippen LogP contribution in [0.3, 0.4) is 0 Å². The minimum absolute atomic E-state index is 0.0406. The summed E-state index contributed by atoms with van der Waals surface area (Å²) in [6, 6.07) is -0.936. The van der Waals surface area contributed by atoms with Gasteiger partial charge >= 0.3 is 0 Å². The molecule has 130 valence electrons. The number of carbonyl (C=O) groups excluding carboxylic acids is 3. The third-order valence-corrected chi connectivity index (χ3v) is 4.58. The van der Waals surface area contributed by atoms with Gasteiger partial charge in [0.25, 0.3) is 5.91 Å². The third kappa shape index (κ3) is 4.53. The largest absolute Gasteiger partial charge is 0.365 e. The van der Waals surface area contributed by atoms with Crippen LogP contribution in [0.5, 0.6) is 0 Å². The van der Waals surface area contributed by atoms with Crippen molar-refractivity contribution in [1.82, 2.24) is 10.2 Å². The Bertz CT molecular complexity index is 456. The molecule has 0 spiro atoms. The third-order valence-electron chi connectivity index (χ3n) is 4.58. The van der Waals surface area contributed by atoms with Crippen molar-refractivity contribution >= 4 is 17.7 Å². The Hall–Kier alpha value is -1.43. The molecule has 0 aromatic rings. The Balaban J connectivity index is 1.86. The highest BCUT2D eigenvalue weighted by Crippen LogP contribution is 2.21. The highest BCUT2D eigenvalue weighted by molar-refractivity contribution is 6.07. The van der Waals surface area contributed by atoms with Crippen LogP contribution < -0.4 is 5.32 Å². The molecule has 2 fully saturated rings. The second kappa shape index (κ2) is 7.90. The topological polar surface area (TPSA) is 75.7 Å². The van der Waals surface area contributed by atoms with Gasteiger partial charge < -0.3 is 10.1 Å². The Kier molecular flexibility index (Phi) is 6.16. The first kappa shape index (κ1) is 17.9. The number of nitrogens with one attached hydrogen (secondary N) is 1. The van der Waals surface area contributed by atoms with Crippen LogP contribution in [0.1, 0.15) is 65.7 Å². The van der Waals surface area contributed by atoms with E-state index in [2.05, 4.69) is 5.32 Å². The van der Waals surface area contributed by atoms with E-state index in [1.807, 2.05) is 0 Å². The van der Waals surface area contributed by atoms with Crippen molar-refractivity contribution in [3.8, 4) is 0 Å². The first-order chi connectivity index (χ1) is 10.9. The van der Waals surface area contributed by atoms with Crippen molar-refractivity contribution in [2.24, 2.45) is 0 Å². The van der Waals surface area contributed by atoms with Crippen LogP contribution in [0.4, 0.5) is 0 Å². The van der Waals surface area contributed by atoms with Crippen LogP contribution in [-0.4, -0.2) is 46.9 Å². The minimum atomic E-state index is -0.752. The first-order valence-corrected chi connectivity index (χ1v) is 8.72. The summed E-state index contributed by atoms with van der Waals surface area (Å²) in [4.78, 5) is 37.6. The van der Waals surface area contributed by atoms with E-state index in [1.54, 1.807) is 20.8 Å². The van der Waals surface area contributed by atoms with Gasteiger partial charge in [0.15, 0.2) is 0 Å². The molecule has 1 heterocycles. The molecule has 1 aliphatic carbocycles. The lowest BCUT2D eigenvalue weighted by molar-refractivity contribution is -0.143. The lowest BCUT2D eigenvalue weighted by Gasteiger charge is -2.22. The number of amides is 3. The number of ether oxygens (including phenoxy) is 1. The fourth-order valence-electron chi connectivity index (χ4n) is 3.32. The van der Waals surface area contributed by atoms with E-state index in [1.165, 1.54) is 17.7 Å². The molecule has 2 atom stereocenters. The van der Waals surface area contributed by atoms with Crippen LogP contribution in [0.25, 0.3) is 0 Å². The Labute approximate surface area is 137 Å². The van der Waals surface area contributed by atoms with E-state index in [9.17, 15) is 14.4 Å². The molecule has 1 saturated carbocycles. The summed E-state index contributed by atoms with van der Waals surface area (Å²) >= 11 is 0. The minimum Gasteiger partial charge on any atom is -0.365 e. The molecule has 23 heavy (non-hydrogen) atoms. The molecule has 0 aromatic heterocycles. The number of likely N-dealkylation sites (tertiary alicyclic amines) is 1. The van der Waals surface area contributed by atoms with Crippen LogP contribution in [0.2, 0.25) is 0 Å². The monoisotopic (exact) mass is 324 g/mol. The second-order valence-electron chi connectivity index (χ2n) is 6.85. The number of hydrogen-bond acceptors (Lipinski definition) is 4. The average molecular weight is 324 g/mol. The van der Waals surface area contributed by atoms with Gasteiger partial charge in [-0.15, -0.1) is 0 Å². The predicted molar refractivity (Wildman–Crippen MR) is 85.6 cm³/mol. The number of carbonyl (C=O) groups is 3. The van der Waals surface area contributed by atoms with Gasteiger partial charge in [0.2, 0.25) is 11.8 Å². The zero-order valence-electron chi connectivity index (χ0n) is 14.3. The van der Waals surface area contributed by atoms with Crippen LogP contribution >= 0.6 is 0 Å². The smallest absolute Gasteiger partial charge is 0.252 e. The highest BCUT2D eigenvalue weighted by Gasteiger charge is 2.41. The molecule has 1 saturated heterocycles. The van der Waals surface area contributed by atoms with Crippen molar-refractivity contribution in [3.63, 3.8) is 0 Å². The number of hydrogen-bond donors (Lipinski definition) is 1. The van der Waals surface area contributed by atoms with Gasteiger partial charge in [-0.1, -0.05) is 25.7 Å². The average Bonchev–Trinajstić information content (AvgIpc) is 2.67. The van der Waals surface area contributed by atoms with Crippen molar-refractivity contribution in [3.05, 3.63) is 0 Å². The summed E-state index contributed by atoms with van der Waals surface area (Å²) in [6.07, 6.45) is 6.25. The molecule has 0 bridgehead atoms. The number of rotatable bonds is 5. The van der Waals surface area contributed by atoms with Crippen LogP contribution in [0.15, 0.2) is 0 Å². The van der Waals surface area contributed by atoms with Crippen molar-refractivity contribution in [1.29, 1.82) is 0 Å². The zero-order chi connectivity index (χ0) is 17.0. The van der Waals surface area contributed by atoms with Gasteiger partial charge in [-0.2, -0.15) is 0 Å². The van der Waals surface area contributed by atoms with Gasteiger partial charge in [-0.3, -0.25) is 19.3 Å². The number of imide groups is 1. The highest BCUT2D eigenvalue weighted by atomic mass is 16.5. The quantitative estimate of drug-likeness (QED) is 0.618. The van der Waals surface area contributed by atoms with Crippen LogP contribution in [0, 0.1) is 0 Å². The summed E-state index contributed by atoms with van der Waals surface area (Å²) in [5, 5.41) is 2.67. The first-order valence-electron chi connectivity index (χ1n) is 8.72. The van der Waals surface area contributed by atoms with Crippen molar-refractivity contribution in [2.75, 3.05) is 0 Å². The lowest BCUT2D eigenvalue weighted by Crippen LogP contribution is -2.47. The maximum Gasteiger partial charge on any atom is 0.252 e. The standard InChI is InChI=1S/C17H28N2O4/c1-11(2)19-15(20)10-14(17(19)22)18-16(21)12(3)23-13-8-6-4-5-7-9-13/h11-14H,4-10H2,1-3H3,(H,18,21)/t12-,14+/m0/s1. The van der Waals surface area contributed by atoms with E-state index < -0.39 is 12.1 Å². The molecule has 0 radical (unpaired) electrons. The molecule has 0 aromatic carbocycles. The van der Waals surface area contributed by atoms with E-state index >= 15 is 0 Å². The Morgan fingerprint density at radius 2 is 1.74 bits per heavy atom. The Morgan fingerprint density at radius 3 is 2.26 bits per heavy atom. The van der Waals surface area contributed by atoms with Crippen molar-refractivity contribution in [2.45, 2.75) is 90.0 Å². The normalized spacial score (nSPS) is 24.9. The second-order valence-corrected chi connectivity index (χ2v) is 6.85. The molecule has 0 unspecified atom stereocenters. The van der Waals surface area contributed by atoms with Gasteiger partial charge in [-0.05, 0) is 33.6 Å². The molecular weight excluding hydrogens is 296 g/mol. The van der Waals surface area contributed by atoms with E-state index in [-0.39, 0.29) is 36.3 Å². The molecule has 2 rings (SSSR count). The number of nitrogens with zero attached hydrogens (tertiary/aromatic N) is 1. The summed E-state index contributed by atoms with van der Waals surface area (Å²) in [6.45, 7) is 5.29. The van der Waals surface area contributed by atoms with Crippen LogP contribution in [-0.2, 0) is 19.1 Å². The fraction of sp³-hybridized carbons (Fsp3) is 0.824. The molecule has 2 aliphatic rings. The van der Waals surface area contributed by atoms with E-state index in [4.69, 9.17) is 4.74 Å². The summed E-state index contributed by atoms with van der Waals surface area (Å²) in [5.74, 6) is -0.862. The summed E-state index contributed by atoms with van der Waals surface area (Å²) in [5.41, 5.74) is 0. The van der Waals surface area contributed by atoms with E-state index in [0.717, 1.165) is 25.7 Å². The predicted octanol–water partition coefficient (Wildman–Crippen LogP) is 1.77. The molecule has 6 heteroatoms. The molecule has 3 amide bonds. The summed E-state index contributed by atoms with van der Waals surface area (Å²) in [7, 11) is 0.